The number of amides is 2. The highest BCUT2D eigenvalue weighted by Gasteiger charge is 2.28. The Morgan fingerprint density at radius 1 is 0.950 bits per heavy atom. The van der Waals surface area contributed by atoms with Crippen LogP contribution in [0.3, 0.4) is 0 Å². The molecule has 222 valence electrons. The largest absolute Gasteiger partial charge is 0.493 e. The zero-order valence-electron chi connectivity index (χ0n) is 23.6. The third-order valence-corrected chi connectivity index (χ3v) is 7.53. The maximum atomic E-state index is 13.0. The number of anilines is 1. The molecule has 0 spiro atoms. The number of urea groups is 1. The lowest BCUT2D eigenvalue weighted by Gasteiger charge is -2.37. The lowest BCUT2D eigenvalue weighted by Crippen LogP contribution is -2.47. The summed E-state index contributed by atoms with van der Waals surface area (Å²) in [7, 11) is 7.20. The third kappa shape index (κ3) is 8.07. The van der Waals surface area contributed by atoms with Gasteiger partial charge in [0.05, 0.1) is 20.4 Å². The number of hydrogen-bond acceptors (Lipinski definition) is 8. The topological polar surface area (TPSA) is 177 Å². The smallest absolute Gasteiger partial charge is 0.414 e. The Bertz CT molecular complexity index is 1140. The Kier molecular flexibility index (Phi) is 12.2. The van der Waals surface area contributed by atoms with Crippen molar-refractivity contribution in [2.24, 2.45) is 5.92 Å². The minimum atomic E-state index is -1.82. The van der Waals surface area contributed by atoms with Gasteiger partial charge in [-0.25, -0.2) is 14.4 Å². The van der Waals surface area contributed by atoms with E-state index in [0.717, 1.165) is 61.9 Å². The van der Waals surface area contributed by atoms with E-state index in [1.165, 1.54) is 19.3 Å². The number of hydrogen-bond donors (Lipinski definition) is 2. The molecular formula is C27H41N5O8. The number of aromatic nitrogens is 2. The molecule has 13 heteroatoms. The van der Waals surface area contributed by atoms with Gasteiger partial charge < -0.3 is 39.9 Å². The highest BCUT2D eigenvalue weighted by Crippen LogP contribution is 2.36. The highest BCUT2D eigenvalue weighted by atomic mass is 16.5. The van der Waals surface area contributed by atoms with Crippen LogP contribution in [0.2, 0.25) is 0 Å². The minimum Gasteiger partial charge on any atom is -0.493 e. The van der Waals surface area contributed by atoms with Gasteiger partial charge in [0.15, 0.2) is 17.3 Å². The SMILES string of the molecule is COc1cc2cnnc(N3CCC(CN(C)C(=O)N(C)C4CCCCC4)CC3)c2cc1OC.O.O=C(O)C(=O)O. The van der Waals surface area contributed by atoms with E-state index in [4.69, 9.17) is 29.3 Å². The number of ether oxygens (including phenoxy) is 2. The number of benzene rings is 1. The fourth-order valence-electron chi connectivity index (χ4n) is 5.31. The molecule has 2 aromatic rings. The molecule has 0 unspecified atom stereocenters. The zero-order valence-corrected chi connectivity index (χ0v) is 23.6. The second kappa shape index (κ2) is 15.1. The van der Waals surface area contributed by atoms with Gasteiger partial charge in [-0.1, -0.05) is 19.3 Å². The van der Waals surface area contributed by atoms with Gasteiger partial charge in [0.1, 0.15) is 0 Å². The Balaban J connectivity index is 0.000000723. The molecule has 4 N–H and O–H groups in total. The number of nitrogens with zero attached hydrogens (tertiary/aromatic N) is 5. The molecule has 2 heterocycles. The summed E-state index contributed by atoms with van der Waals surface area (Å²) in [6.07, 6.45) is 9.85. The van der Waals surface area contributed by atoms with Crippen molar-refractivity contribution in [2.75, 3.05) is 52.8 Å². The molecule has 1 saturated heterocycles. The number of fused-ring (bicyclic) bond motifs is 1. The van der Waals surface area contributed by atoms with E-state index in [1.807, 2.05) is 36.0 Å². The van der Waals surface area contributed by atoms with Gasteiger partial charge in [0, 0.05) is 50.5 Å². The number of carbonyl (C=O) groups excluding carboxylic acids is 1. The van der Waals surface area contributed by atoms with Crippen LogP contribution >= 0.6 is 0 Å². The number of methoxy groups -OCH3 is 2. The van der Waals surface area contributed by atoms with Crippen LogP contribution in [0.4, 0.5) is 10.6 Å². The second-order valence-electron chi connectivity index (χ2n) is 10.1. The molecule has 1 aromatic heterocycles. The maximum absolute atomic E-state index is 13.0. The van der Waals surface area contributed by atoms with Crippen LogP contribution in [0.5, 0.6) is 11.5 Å². The molecule has 4 rings (SSSR count). The van der Waals surface area contributed by atoms with Gasteiger partial charge in [-0.05, 0) is 43.7 Å². The number of carboxylic acid groups (broad SMARTS) is 2. The number of aliphatic carboxylic acids is 2. The van der Waals surface area contributed by atoms with Gasteiger partial charge in [0.2, 0.25) is 0 Å². The molecular weight excluding hydrogens is 522 g/mol. The highest BCUT2D eigenvalue weighted by molar-refractivity contribution is 6.27. The molecule has 1 aromatic carbocycles. The van der Waals surface area contributed by atoms with Crippen molar-refractivity contribution >= 4 is 34.6 Å². The third-order valence-electron chi connectivity index (χ3n) is 7.53. The fraction of sp³-hybridized carbons (Fsp3) is 0.593. The van der Waals surface area contributed by atoms with Gasteiger partial charge in [-0.15, -0.1) is 5.10 Å². The zero-order chi connectivity index (χ0) is 28.5. The van der Waals surface area contributed by atoms with E-state index in [1.54, 1.807) is 20.4 Å². The van der Waals surface area contributed by atoms with Crippen molar-refractivity contribution in [1.82, 2.24) is 20.0 Å². The standard InChI is InChI=1S/C25H37N5O3.C2H2O4.H2O/c1-28(25(31)29(2)20-8-6-5-7-9-20)17-18-10-12-30(13-11-18)24-21-15-23(33-4)22(32-3)14-19(21)16-26-27-24;3-1(4)2(5)6;/h14-16,18,20H,5-13,17H2,1-4H3;(H,3,4)(H,5,6);1H2. The second-order valence-corrected chi connectivity index (χ2v) is 10.1. The molecule has 2 amide bonds. The predicted octanol–water partition coefficient (Wildman–Crippen LogP) is 2.51. The molecule has 0 radical (unpaired) electrons. The van der Waals surface area contributed by atoms with E-state index in [9.17, 15) is 4.79 Å². The van der Waals surface area contributed by atoms with Crippen LogP contribution < -0.4 is 14.4 Å². The molecule has 0 atom stereocenters. The van der Waals surface area contributed by atoms with Crippen molar-refractivity contribution in [3.63, 3.8) is 0 Å². The van der Waals surface area contributed by atoms with E-state index in [-0.39, 0.29) is 11.5 Å². The first kappa shape index (κ1) is 32.3. The molecule has 2 fully saturated rings. The quantitative estimate of drug-likeness (QED) is 0.496. The summed E-state index contributed by atoms with van der Waals surface area (Å²) in [6, 6.07) is 4.49. The lowest BCUT2D eigenvalue weighted by atomic mass is 9.94. The van der Waals surface area contributed by atoms with Crippen LogP contribution in [0.25, 0.3) is 10.8 Å². The predicted molar refractivity (Wildman–Crippen MR) is 149 cm³/mol. The summed E-state index contributed by atoms with van der Waals surface area (Å²) < 4.78 is 10.9. The van der Waals surface area contributed by atoms with Gasteiger partial charge in [-0.2, -0.15) is 5.10 Å². The average molecular weight is 564 g/mol. The summed E-state index contributed by atoms with van der Waals surface area (Å²) in [6.45, 7) is 2.59. The lowest BCUT2D eigenvalue weighted by molar-refractivity contribution is -0.159. The van der Waals surface area contributed by atoms with Crippen LogP contribution in [0.1, 0.15) is 44.9 Å². The summed E-state index contributed by atoms with van der Waals surface area (Å²) in [5.74, 6) is -0.893. The van der Waals surface area contributed by atoms with Crippen molar-refractivity contribution in [1.29, 1.82) is 0 Å². The Hall–Kier alpha value is -3.87. The first-order valence-corrected chi connectivity index (χ1v) is 13.2. The van der Waals surface area contributed by atoms with E-state index in [0.29, 0.717) is 23.5 Å². The first-order valence-electron chi connectivity index (χ1n) is 13.2. The monoisotopic (exact) mass is 563 g/mol. The van der Waals surface area contributed by atoms with Crippen LogP contribution in [-0.2, 0) is 9.59 Å². The van der Waals surface area contributed by atoms with E-state index < -0.39 is 11.9 Å². The summed E-state index contributed by atoms with van der Waals surface area (Å²) in [5, 5.41) is 25.5. The summed E-state index contributed by atoms with van der Waals surface area (Å²) in [5.41, 5.74) is 0. The molecule has 0 bridgehead atoms. The van der Waals surface area contributed by atoms with Gasteiger partial charge in [0.25, 0.3) is 0 Å². The molecule has 1 saturated carbocycles. The number of rotatable bonds is 6. The average Bonchev–Trinajstić information content (AvgIpc) is 2.96. The molecule has 2 aliphatic rings. The van der Waals surface area contributed by atoms with Gasteiger partial charge in [-0.3, -0.25) is 0 Å². The number of piperidine rings is 1. The van der Waals surface area contributed by atoms with Crippen molar-refractivity contribution in [3.05, 3.63) is 18.3 Å². The van der Waals surface area contributed by atoms with Crippen molar-refractivity contribution < 1.29 is 39.5 Å². The molecule has 40 heavy (non-hydrogen) atoms. The fourth-order valence-corrected chi connectivity index (χ4v) is 5.31. The maximum Gasteiger partial charge on any atom is 0.414 e. The summed E-state index contributed by atoms with van der Waals surface area (Å²) in [4.78, 5) is 37.4. The Labute approximate surface area is 234 Å². The molecule has 1 aliphatic carbocycles. The van der Waals surface area contributed by atoms with Crippen molar-refractivity contribution in [2.45, 2.75) is 51.0 Å². The van der Waals surface area contributed by atoms with E-state index >= 15 is 0 Å². The molecule has 1 aliphatic heterocycles. The summed E-state index contributed by atoms with van der Waals surface area (Å²) >= 11 is 0. The van der Waals surface area contributed by atoms with E-state index in [2.05, 4.69) is 15.1 Å². The van der Waals surface area contributed by atoms with Gasteiger partial charge >= 0.3 is 18.0 Å². The number of carboxylic acids is 2. The van der Waals surface area contributed by atoms with Crippen molar-refractivity contribution in [3.8, 4) is 11.5 Å². The molecule has 13 nitrogen and oxygen atoms in total. The first-order chi connectivity index (χ1) is 18.7. The Morgan fingerprint density at radius 3 is 2.08 bits per heavy atom. The number of carbonyl (C=O) groups is 3. The van der Waals surface area contributed by atoms with Crippen LogP contribution in [-0.4, -0.2) is 108 Å². The Morgan fingerprint density at radius 2 is 1.52 bits per heavy atom. The normalized spacial score (nSPS) is 15.8. The minimum absolute atomic E-state index is 0. The van der Waals surface area contributed by atoms with Crippen LogP contribution in [0.15, 0.2) is 18.3 Å². The van der Waals surface area contributed by atoms with Crippen LogP contribution in [0, 0.1) is 5.92 Å².